The van der Waals surface area contributed by atoms with Crippen LogP contribution in [0, 0.1) is 0 Å². The summed E-state index contributed by atoms with van der Waals surface area (Å²) in [5, 5.41) is 17.5. The predicted octanol–water partition coefficient (Wildman–Crippen LogP) is -0.305. The van der Waals surface area contributed by atoms with Gasteiger partial charge in [-0.15, -0.1) is 25.3 Å². The van der Waals surface area contributed by atoms with Crippen LogP contribution in [0.4, 0.5) is 0 Å². The number of hydrogen-bond acceptors (Lipinski definition) is 8. The molecule has 0 aromatic carbocycles. The van der Waals surface area contributed by atoms with E-state index in [2.05, 4.69) is 34.7 Å². The molecule has 0 aliphatic rings. The summed E-state index contributed by atoms with van der Waals surface area (Å²) in [6.45, 7) is 1.78. The minimum absolute atomic E-state index is 0.248. The van der Waals surface area contributed by atoms with Crippen LogP contribution in [0.25, 0.3) is 0 Å². The molecule has 0 bridgehead atoms. The number of aliphatic hydroxyl groups excluding tert-OH is 2. The topological polar surface area (TPSA) is 93.1 Å². The third-order valence-electron chi connectivity index (χ3n) is 1.44. The first-order chi connectivity index (χ1) is 7.38. The van der Waals surface area contributed by atoms with Crippen LogP contribution in [-0.2, 0) is 19.1 Å². The normalized spacial score (nSPS) is 16.1. The number of thiol groups is 2. The summed E-state index contributed by atoms with van der Waals surface area (Å²) in [7, 11) is 0. The van der Waals surface area contributed by atoms with Crippen molar-refractivity contribution in [3.8, 4) is 0 Å². The van der Waals surface area contributed by atoms with E-state index in [1.807, 2.05) is 0 Å². The fourth-order valence-electron chi connectivity index (χ4n) is 0.758. The largest absolute Gasteiger partial charge is 0.423 e. The monoisotopic (exact) mass is 270 g/mol. The predicted molar refractivity (Wildman–Crippen MR) is 60.9 cm³/mol. The van der Waals surface area contributed by atoms with Crippen LogP contribution in [0.1, 0.15) is 19.8 Å². The van der Waals surface area contributed by atoms with Gasteiger partial charge in [0.05, 0.1) is 0 Å². The summed E-state index contributed by atoms with van der Waals surface area (Å²) in [4.78, 5) is 21.9. The van der Waals surface area contributed by atoms with Crippen LogP contribution in [-0.4, -0.2) is 39.3 Å². The van der Waals surface area contributed by atoms with Crippen LogP contribution >= 0.6 is 25.3 Å². The number of carbonyl (C=O) groups excluding carboxylic acids is 2. The third-order valence-corrected chi connectivity index (χ3v) is 1.86. The van der Waals surface area contributed by atoms with Gasteiger partial charge >= 0.3 is 11.9 Å². The molecule has 2 N–H and O–H groups in total. The molecule has 2 unspecified atom stereocenters. The Morgan fingerprint density at radius 1 is 1.12 bits per heavy atom. The molecule has 2 atom stereocenters. The maximum absolute atomic E-state index is 11.0. The molecular weight excluding hydrogens is 256 g/mol. The molecule has 0 amide bonds. The Bertz CT molecular complexity index is 221. The van der Waals surface area contributed by atoms with Gasteiger partial charge in [0.2, 0.25) is 6.29 Å². The lowest BCUT2D eigenvalue weighted by Gasteiger charge is -2.18. The van der Waals surface area contributed by atoms with Gasteiger partial charge in [-0.1, -0.05) is 6.92 Å². The number of carbonyl (C=O) groups is 2. The average Bonchev–Trinajstić information content (AvgIpc) is 2.17. The van der Waals surface area contributed by atoms with Crippen molar-refractivity contribution in [2.45, 2.75) is 36.9 Å². The van der Waals surface area contributed by atoms with E-state index in [0.717, 1.165) is 0 Å². The van der Waals surface area contributed by atoms with Gasteiger partial charge in [-0.3, -0.25) is 0 Å². The first-order valence-corrected chi connectivity index (χ1v) is 5.55. The number of ether oxygens (including phenoxy) is 2. The summed E-state index contributed by atoms with van der Waals surface area (Å²) in [6, 6.07) is 0. The number of esters is 2. The van der Waals surface area contributed by atoms with E-state index >= 15 is 0 Å². The van der Waals surface area contributed by atoms with Crippen molar-refractivity contribution in [1.82, 2.24) is 0 Å². The molecule has 0 rings (SSSR count). The lowest BCUT2D eigenvalue weighted by molar-refractivity contribution is -0.194. The van der Waals surface area contributed by atoms with Crippen LogP contribution in [0.15, 0.2) is 0 Å². The molecule has 0 heterocycles. The van der Waals surface area contributed by atoms with E-state index in [1.54, 1.807) is 6.92 Å². The van der Waals surface area contributed by atoms with E-state index in [9.17, 15) is 9.59 Å². The lowest BCUT2D eigenvalue weighted by Crippen LogP contribution is -2.31. The highest BCUT2D eigenvalue weighted by Crippen LogP contribution is 2.09. The number of hydrogen-bond donors (Lipinski definition) is 4. The first-order valence-electron chi connectivity index (χ1n) is 4.51. The zero-order valence-electron chi connectivity index (χ0n) is 8.57. The highest BCUT2D eigenvalue weighted by molar-refractivity contribution is 7.81. The van der Waals surface area contributed by atoms with Gasteiger partial charge in [-0.2, -0.15) is 0 Å². The molecule has 8 heteroatoms. The van der Waals surface area contributed by atoms with E-state index in [0.29, 0.717) is 6.42 Å². The van der Waals surface area contributed by atoms with E-state index in [1.165, 1.54) is 0 Å². The van der Waals surface area contributed by atoms with Gasteiger partial charge in [0.15, 0.2) is 10.9 Å². The van der Waals surface area contributed by atoms with Crippen molar-refractivity contribution in [3.05, 3.63) is 0 Å². The van der Waals surface area contributed by atoms with E-state index in [4.69, 9.17) is 10.2 Å². The quantitative estimate of drug-likeness (QED) is 0.301. The van der Waals surface area contributed by atoms with Crippen LogP contribution < -0.4 is 0 Å². The van der Waals surface area contributed by atoms with E-state index in [-0.39, 0.29) is 6.42 Å². The highest BCUT2D eigenvalue weighted by atomic mass is 32.1. The third kappa shape index (κ3) is 6.21. The van der Waals surface area contributed by atoms with Gasteiger partial charge in [0.25, 0.3) is 0 Å². The second kappa shape index (κ2) is 7.77. The summed E-state index contributed by atoms with van der Waals surface area (Å²) in [5.74, 6) is -2.05. The standard InChI is InChI=1S/C8H14O6S2/c1-2-3-4(13-5(9)7(11)15)14-6(10)8(12)16/h4,7-8,11-12,15-16H,2-3H2,1H3. The van der Waals surface area contributed by atoms with Crippen LogP contribution in [0.5, 0.6) is 0 Å². The smallest absolute Gasteiger partial charge is 0.348 e. The Labute approximate surface area is 104 Å². The second-order valence-corrected chi connectivity index (χ2v) is 3.82. The fraction of sp³-hybridized carbons (Fsp3) is 0.750. The molecule has 0 radical (unpaired) electrons. The van der Waals surface area contributed by atoms with Crippen molar-refractivity contribution < 1.29 is 29.3 Å². The van der Waals surface area contributed by atoms with E-state index < -0.39 is 29.1 Å². The van der Waals surface area contributed by atoms with Gasteiger partial charge in [0, 0.05) is 6.42 Å². The zero-order valence-corrected chi connectivity index (χ0v) is 10.4. The Morgan fingerprint density at radius 3 is 1.75 bits per heavy atom. The molecule has 16 heavy (non-hydrogen) atoms. The average molecular weight is 270 g/mol. The minimum atomic E-state index is -1.60. The van der Waals surface area contributed by atoms with Gasteiger partial charge in [-0.25, -0.2) is 9.59 Å². The Hall–Kier alpha value is -0.440. The summed E-state index contributed by atoms with van der Waals surface area (Å²) >= 11 is 6.89. The summed E-state index contributed by atoms with van der Waals surface area (Å²) < 4.78 is 9.24. The molecule has 0 aromatic rings. The fourth-order valence-corrected chi connectivity index (χ4v) is 0.880. The first kappa shape index (κ1) is 15.6. The molecule has 0 spiro atoms. The van der Waals surface area contributed by atoms with Crippen molar-refractivity contribution in [2.24, 2.45) is 0 Å². The molecule has 94 valence electrons. The van der Waals surface area contributed by atoms with Crippen LogP contribution in [0.2, 0.25) is 0 Å². The summed E-state index contributed by atoms with van der Waals surface area (Å²) in [5.41, 5.74) is -3.20. The maximum atomic E-state index is 11.0. The molecule has 0 aliphatic carbocycles. The SMILES string of the molecule is CCCC(OC(=O)C(O)S)OC(=O)C(O)S. The lowest BCUT2D eigenvalue weighted by atomic mass is 10.3. The summed E-state index contributed by atoms with van der Waals surface area (Å²) in [6.07, 6.45) is -0.330. The van der Waals surface area contributed by atoms with Gasteiger partial charge in [0.1, 0.15) is 0 Å². The number of rotatable bonds is 6. The van der Waals surface area contributed by atoms with Crippen molar-refractivity contribution in [2.75, 3.05) is 0 Å². The Balaban J connectivity index is 4.27. The highest BCUT2D eigenvalue weighted by Gasteiger charge is 2.23. The van der Waals surface area contributed by atoms with Crippen molar-refractivity contribution >= 4 is 37.2 Å². The van der Waals surface area contributed by atoms with Crippen LogP contribution in [0.3, 0.4) is 0 Å². The minimum Gasteiger partial charge on any atom is -0.423 e. The molecule has 0 fully saturated rings. The Kier molecular flexibility index (Phi) is 7.56. The molecule has 0 aliphatic heterocycles. The molecule has 6 nitrogen and oxygen atoms in total. The second-order valence-electron chi connectivity index (χ2n) is 2.84. The molecular formula is C8H14O6S2. The molecule has 0 aromatic heterocycles. The van der Waals surface area contributed by atoms with Gasteiger partial charge < -0.3 is 19.7 Å². The molecule has 0 saturated carbocycles. The molecule has 0 saturated heterocycles. The Morgan fingerprint density at radius 2 is 1.50 bits per heavy atom. The van der Waals surface area contributed by atoms with Crippen molar-refractivity contribution in [3.63, 3.8) is 0 Å². The van der Waals surface area contributed by atoms with Gasteiger partial charge in [-0.05, 0) is 6.42 Å². The maximum Gasteiger partial charge on any atom is 0.348 e. The zero-order chi connectivity index (χ0) is 12.7. The van der Waals surface area contributed by atoms with Crippen molar-refractivity contribution in [1.29, 1.82) is 0 Å². The number of aliphatic hydroxyl groups is 2.